The number of amides is 2. The largest absolute Gasteiger partial charge is 0.459 e. The molecule has 2 amide bonds. The van der Waals surface area contributed by atoms with Gasteiger partial charge in [0, 0.05) is 49.9 Å². The van der Waals surface area contributed by atoms with Crippen molar-refractivity contribution < 1.29 is 63.0 Å². The van der Waals surface area contributed by atoms with Crippen molar-refractivity contribution in [2.24, 2.45) is 41.1 Å². The number of carbonyl (C=O) groups is 6. The van der Waals surface area contributed by atoms with Crippen molar-refractivity contribution in [1.29, 1.82) is 0 Å². The van der Waals surface area contributed by atoms with E-state index in [-0.39, 0.29) is 55.4 Å². The topological polar surface area (TPSA) is 267 Å². The van der Waals surface area contributed by atoms with E-state index < -0.39 is 101 Å². The van der Waals surface area contributed by atoms with Crippen LogP contribution in [0.25, 0.3) is 0 Å². The number of nitrogens with one attached hydrogen (secondary N) is 1. The number of piperidine rings is 1. The van der Waals surface area contributed by atoms with Gasteiger partial charge >= 0.3 is 12.1 Å². The van der Waals surface area contributed by atoms with Gasteiger partial charge in [-0.05, 0) is 102 Å². The number of allylic oxidation sites excluding steroid dienone is 6. The lowest BCUT2D eigenvalue weighted by Gasteiger charge is -2.43. The lowest BCUT2D eigenvalue weighted by Crippen LogP contribution is -2.61. The Morgan fingerprint density at radius 2 is 1.64 bits per heavy atom. The summed E-state index contributed by atoms with van der Waals surface area (Å²) in [5.74, 6) is -9.03. The lowest BCUT2D eigenvalue weighted by molar-refractivity contribution is -0.264. The molecule has 0 aromatic rings. The second-order valence-corrected chi connectivity index (χ2v) is 19.6. The molecule has 376 valence electrons. The number of hydrogen-bond acceptors (Lipinski definition) is 15. The highest BCUT2D eigenvalue weighted by Crippen LogP contribution is 2.37. The first-order chi connectivity index (χ1) is 31.6. The van der Waals surface area contributed by atoms with Crippen LogP contribution in [0.2, 0.25) is 0 Å². The number of ether oxygens (including phenoxy) is 4. The summed E-state index contributed by atoms with van der Waals surface area (Å²) in [5, 5.41) is 36.9. The molecule has 17 heteroatoms. The number of esters is 1. The van der Waals surface area contributed by atoms with Crippen LogP contribution in [-0.4, -0.2) is 137 Å². The Hall–Kier alpha value is -4.10. The number of ketones is 3. The van der Waals surface area contributed by atoms with Gasteiger partial charge in [-0.25, -0.2) is 9.59 Å². The molecule has 1 saturated carbocycles. The van der Waals surface area contributed by atoms with E-state index in [4.69, 9.17) is 30.4 Å². The van der Waals surface area contributed by atoms with Crippen LogP contribution in [0.3, 0.4) is 0 Å². The third-order valence-corrected chi connectivity index (χ3v) is 14.3. The zero-order valence-corrected chi connectivity index (χ0v) is 40.8. The van der Waals surface area contributed by atoms with Crippen LogP contribution in [0.4, 0.5) is 4.79 Å². The number of rotatable bonds is 5. The Labute approximate surface area is 396 Å². The van der Waals surface area contributed by atoms with E-state index in [9.17, 15) is 44.1 Å². The van der Waals surface area contributed by atoms with Crippen molar-refractivity contribution in [3.05, 3.63) is 47.6 Å². The van der Waals surface area contributed by atoms with Gasteiger partial charge in [-0.2, -0.15) is 0 Å². The van der Waals surface area contributed by atoms with Crippen LogP contribution in [0.5, 0.6) is 0 Å². The molecule has 15 atom stereocenters. The Bertz CT molecular complexity index is 1870. The van der Waals surface area contributed by atoms with Crippen LogP contribution in [0.15, 0.2) is 47.6 Å². The summed E-state index contributed by atoms with van der Waals surface area (Å²) in [6.45, 7) is 10.1. The lowest BCUT2D eigenvalue weighted by atomic mass is 9.79. The summed E-state index contributed by atoms with van der Waals surface area (Å²) in [5.41, 5.74) is 14.0. The SMILES string of the molecule is COC(=O)NC1C[C@@H]2CC[C@@H](C)[C@@](O)(O2)C(=O)C(=O)N2CCCC[C@H]2C(=O)O[C@H]([C@H](N)C[C@@H]2CC[C@H](N)[C@H](OC)C2)CC(=O)[C@H](C)/C=C(\C)[C@@H](O)[C@@H](O)C(=O)[C@H](C)C[C@H](C)/C=C/C=C/C=C/1C. The molecule has 3 heterocycles. The Morgan fingerprint density at radius 1 is 0.925 bits per heavy atom. The molecule has 2 bridgehead atoms. The maximum atomic E-state index is 14.3. The normalized spacial score (nSPS) is 39.4. The first kappa shape index (κ1) is 55.5. The molecule has 0 aromatic heterocycles. The van der Waals surface area contributed by atoms with Gasteiger partial charge < -0.3 is 56.0 Å². The van der Waals surface area contributed by atoms with Crippen molar-refractivity contribution in [2.75, 3.05) is 20.8 Å². The molecule has 67 heavy (non-hydrogen) atoms. The third-order valence-electron chi connectivity index (χ3n) is 14.3. The first-order valence-corrected chi connectivity index (χ1v) is 24.1. The van der Waals surface area contributed by atoms with E-state index in [0.29, 0.717) is 56.9 Å². The zero-order chi connectivity index (χ0) is 49.7. The van der Waals surface area contributed by atoms with E-state index in [2.05, 4.69) is 5.32 Å². The fourth-order valence-corrected chi connectivity index (χ4v) is 9.86. The average molecular weight is 943 g/mol. The van der Waals surface area contributed by atoms with Crippen LogP contribution >= 0.6 is 0 Å². The van der Waals surface area contributed by atoms with Crippen molar-refractivity contribution in [3.63, 3.8) is 0 Å². The number of carbonyl (C=O) groups excluding carboxylic acids is 6. The number of cyclic esters (lactones) is 1. The molecule has 8 N–H and O–H groups in total. The standard InChI is InChI=1S/C50H78N4O13/c1-28-14-10-9-11-15-29(2)38(53-49(62)65-8)26-35-19-17-33(6)50(63,67-35)46(59)47(60)54-21-13-12-16-39(54)48(61)66-42(37(52)24-34-18-20-36(51)41(25-34)64-7)27-40(55)30(3)23-32(5)44(57)45(58)43(56)31(4)22-28/h9-11,14-15,23,28,30-31,33-39,41-42,44-45,57-58,63H,12-13,16-22,24-27,51-52H2,1-8H3,(H,53,62)/b11-9+,14-10+,29-15+,32-23+/t28-,30-,31-,33-,34+,35+,36+,37-,38?,39+,41-,42+,44-,45+,50-/m1/s1. The quantitative estimate of drug-likeness (QED) is 0.130. The van der Waals surface area contributed by atoms with Gasteiger partial charge in [0.1, 0.15) is 30.1 Å². The van der Waals surface area contributed by atoms with Gasteiger partial charge in [-0.3, -0.25) is 19.2 Å². The van der Waals surface area contributed by atoms with Gasteiger partial charge in [0.05, 0.1) is 25.4 Å². The summed E-state index contributed by atoms with van der Waals surface area (Å²) in [6, 6.07) is -2.89. The highest BCUT2D eigenvalue weighted by Gasteiger charge is 2.53. The van der Waals surface area contributed by atoms with Crippen LogP contribution in [-0.2, 0) is 42.9 Å². The van der Waals surface area contributed by atoms with Crippen molar-refractivity contribution in [3.8, 4) is 0 Å². The van der Waals surface area contributed by atoms with Gasteiger partial charge in [0.15, 0.2) is 5.78 Å². The molecular formula is C50H78N4O13. The van der Waals surface area contributed by atoms with Crippen molar-refractivity contribution >= 4 is 35.3 Å². The molecule has 0 aromatic carbocycles. The minimum absolute atomic E-state index is 0.0158. The smallest absolute Gasteiger partial charge is 0.407 e. The van der Waals surface area contributed by atoms with Crippen molar-refractivity contribution in [1.82, 2.24) is 10.2 Å². The van der Waals surface area contributed by atoms with E-state index in [1.807, 2.05) is 19.1 Å². The number of aliphatic hydroxyl groups is 3. The number of aliphatic hydroxyl groups excluding tert-OH is 2. The molecule has 4 rings (SSSR count). The van der Waals surface area contributed by atoms with Crippen LogP contribution in [0.1, 0.15) is 119 Å². The van der Waals surface area contributed by atoms with E-state index in [1.54, 1.807) is 53.0 Å². The molecule has 3 aliphatic heterocycles. The Morgan fingerprint density at radius 3 is 2.33 bits per heavy atom. The highest BCUT2D eigenvalue weighted by molar-refractivity contribution is 6.39. The highest BCUT2D eigenvalue weighted by atomic mass is 16.6. The Balaban J connectivity index is 1.71. The van der Waals surface area contributed by atoms with Crippen LogP contribution in [0, 0.1) is 29.6 Å². The predicted octanol–water partition coefficient (Wildman–Crippen LogP) is 3.89. The summed E-state index contributed by atoms with van der Waals surface area (Å²) < 4.78 is 22.8. The molecule has 0 radical (unpaired) electrons. The summed E-state index contributed by atoms with van der Waals surface area (Å²) in [6.07, 6.45) is 8.70. The van der Waals surface area contributed by atoms with E-state index >= 15 is 0 Å². The molecule has 3 fully saturated rings. The summed E-state index contributed by atoms with van der Waals surface area (Å²) >= 11 is 0. The third kappa shape index (κ3) is 14.9. The molecule has 1 unspecified atom stereocenters. The second-order valence-electron chi connectivity index (χ2n) is 19.6. The van der Waals surface area contributed by atoms with E-state index in [0.717, 1.165) is 11.3 Å². The minimum atomic E-state index is -2.55. The Kier molecular flexibility index (Phi) is 21.1. The summed E-state index contributed by atoms with van der Waals surface area (Å²) in [4.78, 5) is 83.8. The molecular weight excluding hydrogens is 865 g/mol. The maximum absolute atomic E-state index is 14.3. The van der Waals surface area contributed by atoms with Gasteiger partial charge in [0.25, 0.3) is 11.7 Å². The molecule has 2 saturated heterocycles. The monoisotopic (exact) mass is 943 g/mol. The van der Waals surface area contributed by atoms with Gasteiger partial charge in [-0.15, -0.1) is 0 Å². The molecule has 1 aliphatic carbocycles. The molecule has 17 nitrogen and oxygen atoms in total. The number of methoxy groups -OCH3 is 2. The number of fused-ring (bicyclic) bond motifs is 3. The molecule has 0 spiro atoms. The fourth-order valence-electron chi connectivity index (χ4n) is 9.86. The summed E-state index contributed by atoms with van der Waals surface area (Å²) in [7, 11) is 2.83. The number of nitrogens with zero attached hydrogens (tertiary/aromatic N) is 1. The second kappa shape index (κ2) is 25.5. The maximum Gasteiger partial charge on any atom is 0.407 e. The number of nitrogens with two attached hydrogens (primary N) is 2. The number of hydrogen-bond donors (Lipinski definition) is 6. The zero-order valence-electron chi connectivity index (χ0n) is 40.8. The average Bonchev–Trinajstić information content (AvgIpc) is 3.30. The van der Waals surface area contributed by atoms with Gasteiger partial charge in [-0.1, -0.05) is 69.7 Å². The van der Waals surface area contributed by atoms with Crippen LogP contribution < -0.4 is 16.8 Å². The first-order valence-electron chi connectivity index (χ1n) is 24.1. The minimum Gasteiger partial charge on any atom is -0.459 e. The number of alkyl carbamates (subject to hydrolysis) is 1. The fraction of sp³-hybridized carbons (Fsp3) is 0.720. The van der Waals surface area contributed by atoms with Gasteiger partial charge in [0.2, 0.25) is 5.79 Å². The predicted molar refractivity (Wildman–Crippen MR) is 250 cm³/mol. The molecule has 4 aliphatic rings. The van der Waals surface area contributed by atoms with Crippen molar-refractivity contribution in [2.45, 2.75) is 179 Å². The van der Waals surface area contributed by atoms with E-state index in [1.165, 1.54) is 20.1 Å². The number of Topliss-reactive ketones (excluding diaryl/α,β-unsaturated/α-hetero) is 3.